The summed E-state index contributed by atoms with van der Waals surface area (Å²) < 4.78 is 4.95. The third-order valence-corrected chi connectivity index (χ3v) is 1.43. The van der Waals surface area contributed by atoms with Gasteiger partial charge in [0.15, 0.2) is 12.0 Å². The van der Waals surface area contributed by atoms with Crippen LogP contribution in [-0.2, 0) is 6.42 Å². The van der Waals surface area contributed by atoms with Crippen molar-refractivity contribution in [3.63, 3.8) is 0 Å². The van der Waals surface area contributed by atoms with Crippen LogP contribution in [0.2, 0.25) is 0 Å². The fourth-order valence-corrected chi connectivity index (χ4v) is 1.03. The van der Waals surface area contributed by atoms with Crippen LogP contribution in [0.3, 0.4) is 0 Å². The number of rotatable bonds is 3. The quantitative estimate of drug-likeness (QED) is 0.622. The molecule has 11 heavy (non-hydrogen) atoms. The van der Waals surface area contributed by atoms with Gasteiger partial charge in [-0.05, 0) is 24.0 Å². The van der Waals surface area contributed by atoms with Crippen molar-refractivity contribution in [3.05, 3.63) is 23.7 Å². The third kappa shape index (κ3) is 2.22. The van der Waals surface area contributed by atoms with E-state index in [0.717, 1.165) is 18.3 Å². The first-order valence-corrected chi connectivity index (χ1v) is 3.75. The summed E-state index contributed by atoms with van der Waals surface area (Å²) in [7, 11) is 0. The molecule has 0 bridgehead atoms. The highest BCUT2D eigenvalue weighted by Crippen LogP contribution is 2.10. The van der Waals surface area contributed by atoms with E-state index in [9.17, 15) is 4.79 Å². The second kappa shape index (κ2) is 3.37. The molecule has 0 fully saturated rings. The highest BCUT2D eigenvalue weighted by Gasteiger charge is 2.01. The number of furan rings is 1. The van der Waals surface area contributed by atoms with Gasteiger partial charge in [-0.2, -0.15) is 0 Å². The van der Waals surface area contributed by atoms with Crippen LogP contribution in [0.4, 0.5) is 0 Å². The van der Waals surface area contributed by atoms with E-state index < -0.39 is 0 Å². The van der Waals surface area contributed by atoms with Gasteiger partial charge in [-0.15, -0.1) is 0 Å². The van der Waals surface area contributed by atoms with Gasteiger partial charge in [0, 0.05) is 0 Å². The molecule has 1 heterocycles. The zero-order chi connectivity index (χ0) is 8.27. The van der Waals surface area contributed by atoms with Crippen molar-refractivity contribution in [2.24, 2.45) is 5.92 Å². The average molecular weight is 152 g/mol. The highest BCUT2D eigenvalue weighted by atomic mass is 16.3. The van der Waals surface area contributed by atoms with Gasteiger partial charge in [0.05, 0.1) is 6.26 Å². The zero-order valence-corrected chi connectivity index (χ0v) is 6.83. The Labute approximate surface area is 66.2 Å². The van der Waals surface area contributed by atoms with Crippen LogP contribution in [0.15, 0.2) is 16.7 Å². The van der Waals surface area contributed by atoms with E-state index in [1.165, 1.54) is 0 Å². The molecule has 2 nitrogen and oxygen atoms in total. The zero-order valence-electron chi connectivity index (χ0n) is 6.83. The van der Waals surface area contributed by atoms with Crippen LogP contribution in [0.5, 0.6) is 0 Å². The van der Waals surface area contributed by atoms with Crippen molar-refractivity contribution in [2.45, 2.75) is 20.3 Å². The van der Waals surface area contributed by atoms with Crippen molar-refractivity contribution in [3.8, 4) is 0 Å². The highest BCUT2D eigenvalue weighted by molar-refractivity contribution is 5.70. The van der Waals surface area contributed by atoms with Crippen molar-refractivity contribution < 1.29 is 9.21 Å². The number of carbonyl (C=O) groups is 1. The van der Waals surface area contributed by atoms with Gasteiger partial charge < -0.3 is 4.42 Å². The minimum Gasteiger partial charge on any atom is -0.461 e. The Balaban J connectivity index is 2.65. The number of aldehydes is 1. The number of hydrogen-bond acceptors (Lipinski definition) is 2. The maximum absolute atomic E-state index is 10.2. The molecular weight excluding hydrogens is 140 g/mol. The lowest BCUT2D eigenvalue weighted by molar-refractivity contribution is 0.110. The molecule has 0 aromatic carbocycles. The molecule has 60 valence electrons. The standard InChI is InChI=1S/C9H12O2/c1-7(2)3-8-4-9(5-10)11-6-8/h4-7H,3H2,1-2H3. The Morgan fingerprint density at radius 3 is 2.82 bits per heavy atom. The molecule has 1 rings (SSSR count). The van der Waals surface area contributed by atoms with Gasteiger partial charge in [-0.25, -0.2) is 0 Å². The number of hydrogen-bond donors (Lipinski definition) is 0. The summed E-state index contributed by atoms with van der Waals surface area (Å²) in [6, 6.07) is 1.78. The smallest absolute Gasteiger partial charge is 0.185 e. The van der Waals surface area contributed by atoms with Gasteiger partial charge in [0.2, 0.25) is 0 Å². The molecule has 0 saturated heterocycles. The van der Waals surface area contributed by atoms with Crippen molar-refractivity contribution >= 4 is 6.29 Å². The van der Waals surface area contributed by atoms with E-state index in [-0.39, 0.29) is 0 Å². The van der Waals surface area contributed by atoms with Gasteiger partial charge >= 0.3 is 0 Å². The lowest BCUT2D eigenvalue weighted by atomic mass is 10.1. The van der Waals surface area contributed by atoms with Crippen LogP contribution in [0, 0.1) is 5.92 Å². The molecule has 1 aromatic heterocycles. The Hall–Kier alpha value is -1.05. The first-order chi connectivity index (χ1) is 5.22. The molecule has 0 N–H and O–H groups in total. The summed E-state index contributed by atoms with van der Waals surface area (Å²) in [5.74, 6) is 1.02. The first-order valence-electron chi connectivity index (χ1n) is 3.75. The van der Waals surface area contributed by atoms with E-state index in [1.54, 1.807) is 12.3 Å². The molecule has 2 heteroatoms. The molecule has 0 radical (unpaired) electrons. The second-order valence-electron chi connectivity index (χ2n) is 3.07. The molecule has 0 aliphatic rings. The summed E-state index contributed by atoms with van der Waals surface area (Å²) >= 11 is 0. The fourth-order valence-electron chi connectivity index (χ4n) is 1.03. The largest absolute Gasteiger partial charge is 0.461 e. The molecule has 0 amide bonds. The molecule has 1 aromatic rings. The second-order valence-corrected chi connectivity index (χ2v) is 3.07. The number of carbonyl (C=O) groups excluding carboxylic acids is 1. The molecule has 0 aliphatic carbocycles. The third-order valence-electron chi connectivity index (χ3n) is 1.43. The lowest BCUT2D eigenvalue weighted by Gasteiger charge is -1.98. The van der Waals surface area contributed by atoms with Gasteiger partial charge in [0.1, 0.15) is 0 Å². The normalized spacial score (nSPS) is 10.5. The predicted octanol–water partition coefficient (Wildman–Crippen LogP) is 2.29. The molecule has 0 saturated carbocycles. The fraction of sp³-hybridized carbons (Fsp3) is 0.444. The van der Waals surface area contributed by atoms with Crippen LogP contribution in [-0.4, -0.2) is 6.29 Å². The SMILES string of the molecule is CC(C)Cc1coc(C=O)c1. The van der Waals surface area contributed by atoms with Gasteiger partial charge in [0.25, 0.3) is 0 Å². The summed E-state index contributed by atoms with van der Waals surface area (Å²) in [6.45, 7) is 4.27. The Morgan fingerprint density at radius 1 is 1.64 bits per heavy atom. The minimum atomic E-state index is 0.417. The molecule has 0 unspecified atom stereocenters. The van der Waals surface area contributed by atoms with Crippen LogP contribution in [0.25, 0.3) is 0 Å². The monoisotopic (exact) mass is 152 g/mol. The van der Waals surface area contributed by atoms with Crippen molar-refractivity contribution in [2.75, 3.05) is 0 Å². The minimum absolute atomic E-state index is 0.417. The summed E-state index contributed by atoms with van der Waals surface area (Å²) in [6.07, 6.45) is 3.34. The van der Waals surface area contributed by atoms with Crippen molar-refractivity contribution in [1.82, 2.24) is 0 Å². The predicted molar refractivity (Wildman–Crippen MR) is 42.6 cm³/mol. The van der Waals surface area contributed by atoms with E-state index in [4.69, 9.17) is 4.42 Å². The van der Waals surface area contributed by atoms with Crippen LogP contribution < -0.4 is 0 Å². The van der Waals surface area contributed by atoms with E-state index in [1.807, 2.05) is 0 Å². The van der Waals surface area contributed by atoms with Crippen LogP contribution in [0.1, 0.15) is 30.0 Å². The Morgan fingerprint density at radius 2 is 2.36 bits per heavy atom. The average Bonchev–Trinajstić information content (AvgIpc) is 2.34. The topological polar surface area (TPSA) is 30.2 Å². The maximum Gasteiger partial charge on any atom is 0.185 e. The molecular formula is C9H12O2. The van der Waals surface area contributed by atoms with Crippen molar-refractivity contribution in [1.29, 1.82) is 0 Å². The first kappa shape index (κ1) is 8.05. The van der Waals surface area contributed by atoms with E-state index >= 15 is 0 Å². The summed E-state index contributed by atoms with van der Waals surface area (Å²) in [5, 5.41) is 0. The van der Waals surface area contributed by atoms with Crippen LogP contribution >= 0.6 is 0 Å². The van der Waals surface area contributed by atoms with Gasteiger partial charge in [-0.1, -0.05) is 13.8 Å². The Kier molecular flexibility index (Phi) is 2.47. The maximum atomic E-state index is 10.2. The molecule has 0 spiro atoms. The van der Waals surface area contributed by atoms with E-state index in [0.29, 0.717) is 11.7 Å². The van der Waals surface area contributed by atoms with E-state index in [2.05, 4.69) is 13.8 Å². The molecule has 0 atom stereocenters. The summed E-state index contributed by atoms with van der Waals surface area (Å²) in [4.78, 5) is 10.2. The summed E-state index contributed by atoms with van der Waals surface area (Å²) in [5.41, 5.74) is 1.10. The lowest BCUT2D eigenvalue weighted by Crippen LogP contribution is -1.90. The molecule has 0 aliphatic heterocycles. The Bertz CT molecular complexity index is 235. The van der Waals surface area contributed by atoms with Gasteiger partial charge in [-0.3, -0.25) is 4.79 Å².